The van der Waals surface area contributed by atoms with Crippen LogP contribution in [0.15, 0.2) is 40.7 Å². The van der Waals surface area contributed by atoms with Crippen LogP contribution in [-0.2, 0) is 0 Å². The van der Waals surface area contributed by atoms with Gasteiger partial charge >= 0.3 is 0 Å². The Hall–Kier alpha value is -3.03. The van der Waals surface area contributed by atoms with Gasteiger partial charge in [0.25, 0.3) is 0 Å². The average Bonchev–Trinajstić information content (AvgIpc) is 3.07. The molecule has 1 aromatic heterocycles. The predicted octanol–water partition coefficient (Wildman–Crippen LogP) is 2.57. The van der Waals surface area contributed by atoms with Crippen molar-refractivity contribution in [2.75, 3.05) is 23.8 Å². The largest absolute Gasteiger partial charge is 0.492 e. The molecule has 2 N–H and O–H groups in total. The summed E-state index contributed by atoms with van der Waals surface area (Å²) in [6.07, 6.45) is 3.96. The number of rotatable bonds is 6. The Morgan fingerprint density at radius 3 is 2.92 bits per heavy atom. The minimum atomic E-state index is -0.370. The standard InChI is InChI=1S/C16H17FN6O/c1-2-24-14-9-11(17)3-4-13(14)23(10-12-5-8-20-22-12)15-6-7-19-16(18)21-15/h3-4,6-9H,2,5,10H2,1H3,(H2,18,19,21). The van der Waals surface area contributed by atoms with Gasteiger partial charge in [-0.2, -0.15) is 15.2 Å². The molecule has 1 aliphatic heterocycles. The normalized spacial score (nSPS) is 13.0. The maximum Gasteiger partial charge on any atom is 0.221 e. The van der Waals surface area contributed by atoms with Crippen LogP contribution in [0.1, 0.15) is 13.3 Å². The number of ether oxygens (including phenoxy) is 1. The number of hydrogen-bond donors (Lipinski definition) is 1. The third-order valence-electron chi connectivity index (χ3n) is 3.40. The molecule has 8 heteroatoms. The first-order chi connectivity index (χ1) is 11.7. The Kier molecular flexibility index (Phi) is 4.64. The maximum atomic E-state index is 13.6. The van der Waals surface area contributed by atoms with Crippen LogP contribution in [0.5, 0.6) is 5.75 Å². The van der Waals surface area contributed by atoms with Crippen molar-refractivity contribution in [1.29, 1.82) is 0 Å². The summed E-state index contributed by atoms with van der Waals surface area (Å²) in [6, 6.07) is 6.10. The second-order valence-electron chi connectivity index (χ2n) is 5.07. The number of nitrogens with two attached hydrogens (primary N) is 1. The van der Waals surface area contributed by atoms with Gasteiger partial charge in [-0.1, -0.05) is 0 Å². The van der Waals surface area contributed by atoms with E-state index >= 15 is 0 Å². The molecule has 3 rings (SSSR count). The quantitative estimate of drug-likeness (QED) is 0.880. The molecule has 2 heterocycles. The smallest absolute Gasteiger partial charge is 0.221 e. The molecule has 24 heavy (non-hydrogen) atoms. The highest BCUT2D eigenvalue weighted by atomic mass is 19.1. The molecule has 0 fully saturated rings. The summed E-state index contributed by atoms with van der Waals surface area (Å²) in [5, 5.41) is 7.98. The number of hydrogen-bond acceptors (Lipinski definition) is 7. The van der Waals surface area contributed by atoms with E-state index in [1.807, 2.05) is 11.8 Å². The van der Waals surface area contributed by atoms with Crippen molar-refractivity contribution in [2.24, 2.45) is 10.2 Å². The molecule has 0 atom stereocenters. The van der Waals surface area contributed by atoms with Gasteiger partial charge in [0.1, 0.15) is 17.4 Å². The zero-order valence-electron chi connectivity index (χ0n) is 13.2. The van der Waals surface area contributed by atoms with Gasteiger partial charge in [0.05, 0.1) is 24.6 Å². The van der Waals surface area contributed by atoms with Gasteiger partial charge in [-0.15, -0.1) is 0 Å². The maximum absolute atomic E-state index is 13.6. The van der Waals surface area contributed by atoms with Crippen LogP contribution in [0.4, 0.5) is 21.8 Å². The molecular weight excluding hydrogens is 311 g/mol. The van der Waals surface area contributed by atoms with Crippen molar-refractivity contribution in [3.05, 3.63) is 36.3 Å². The van der Waals surface area contributed by atoms with E-state index in [-0.39, 0.29) is 11.8 Å². The van der Waals surface area contributed by atoms with Crippen molar-refractivity contribution in [1.82, 2.24) is 9.97 Å². The third-order valence-corrected chi connectivity index (χ3v) is 3.40. The number of benzene rings is 1. The van der Waals surface area contributed by atoms with Crippen molar-refractivity contribution in [3.63, 3.8) is 0 Å². The summed E-state index contributed by atoms with van der Waals surface area (Å²) < 4.78 is 19.2. The van der Waals surface area contributed by atoms with Crippen LogP contribution >= 0.6 is 0 Å². The van der Waals surface area contributed by atoms with Crippen molar-refractivity contribution >= 4 is 29.4 Å². The van der Waals surface area contributed by atoms with Crippen LogP contribution in [0.25, 0.3) is 0 Å². The van der Waals surface area contributed by atoms with Gasteiger partial charge in [-0.25, -0.2) is 9.37 Å². The van der Waals surface area contributed by atoms with Gasteiger partial charge in [0.2, 0.25) is 5.95 Å². The van der Waals surface area contributed by atoms with Crippen molar-refractivity contribution in [3.8, 4) is 5.75 Å². The summed E-state index contributed by atoms with van der Waals surface area (Å²) in [5.74, 6) is 0.784. The second kappa shape index (κ2) is 7.03. The summed E-state index contributed by atoms with van der Waals surface area (Å²) in [7, 11) is 0. The summed E-state index contributed by atoms with van der Waals surface area (Å²) in [5.41, 5.74) is 7.24. The molecule has 0 amide bonds. The Bertz CT molecular complexity index is 792. The molecule has 124 valence electrons. The van der Waals surface area contributed by atoms with Crippen molar-refractivity contribution in [2.45, 2.75) is 13.3 Å². The van der Waals surface area contributed by atoms with Gasteiger partial charge < -0.3 is 15.4 Å². The molecule has 0 saturated carbocycles. The van der Waals surface area contributed by atoms with Crippen LogP contribution in [0.2, 0.25) is 0 Å². The van der Waals surface area contributed by atoms with Crippen LogP contribution in [0.3, 0.4) is 0 Å². The highest BCUT2D eigenvalue weighted by Gasteiger charge is 2.20. The van der Waals surface area contributed by atoms with Gasteiger partial charge in [0, 0.05) is 24.9 Å². The number of anilines is 3. The Morgan fingerprint density at radius 2 is 2.21 bits per heavy atom. The lowest BCUT2D eigenvalue weighted by Crippen LogP contribution is -2.26. The number of nitrogens with zero attached hydrogens (tertiary/aromatic N) is 5. The van der Waals surface area contributed by atoms with E-state index in [0.29, 0.717) is 36.8 Å². The monoisotopic (exact) mass is 328 g/mol. The molecular formula is C16H17FN6O. The van der Waals surface area contributed by atoms with Crippen LogP contribution < -0.4 is 15.4 Å². The molecule has 0 saturated heterocycles. The molecule has 0 radical (unpaired) electrons. The molecule has 0 aliphatic carbocycles. The number of nitrogen functional groups attached to an aromatic ring is 1. The second-order valence-corrected chi connectivity index (χ2v) is 5.07. The van der Waals surface area contributed by atoms with Crippen LogP contribution in [0, 0.1) is 5.82 Å². The van der Waals surface area contributed by atoms with E-state index in [1.54, 1.807) is 24.5 Å². The lowest BCUT2D eigenvalue weighted by molar-refractivity contribution is 0.339. The van der Waals surface area contributed by atoms with E-state index in [4.69, 9.17) is 10.5 Å². The van der Waals surface area contributed by atoms with Crippen molar-refractivity contribution < 1.29 is 9.13 Å². The van der Waals surface area contributed by atoms with Gasteiger partial charge in [-0.3, -0.25) is 0 Å². The highest BCUT2D eigenvalue weighted by Crippen LogP contribution is 2.34. The van der Waals surface area contributed by atoms with Crippen LogP contribution in [-0.4, -0.2) is 35.0 Å². The van der Waals surface area contributed by atoms with Gasteiger partial charge in [-0.05, 0) is 25.1 Å². The Morgan fingerprint density at radius 1 is 1.33 bits per heavy atom. The molecule has 0 bridgehead atoms. The fraction of sp³-hybridized carbons (Fsp3) is 0.250. The first-order valence-corrected chi connectivity index (χ1v) is 7.53. The fourth-order valence-electron chi connectivity index (χ4n) is 2.37. The topological polar surface area (TPSA) is 89.0 Å². The lowest BCUT2D eigenvalue weighted by Gasteiger charge is -2.25. The number of halogens is 1. The zero-order valence-corrected chi connectivity index (χ0v) is 13.2. The summed E-state index contributed by atoms with van der Waals surface area (Å²) in [4.78, 5) is 10.0. The first kappa shape index (κ1) is 15.9. The Balaban J connectivity index is 2.04. The molecule has 0 spiro atoms. The van der Waals surface area contributed by atoms with E-state index in [2.05, 4.69) is 20.2 Å². The fourth-order valence-corrected chi connectivity index (χ4v) is 2.37. The SMILES string of the molecule is CCOc1cc(F)ccc1N(CC1=NN=CC1)c1ccnc(N)n1. The average molecular weight is 328 g/mol. The summed E-state index contributed by atoms with van der Waals surface area (Å²) in [6.45, 7) is 2.69. The molecule has 1 aromatic carbocycles. The Labute approximate surface area is 138 Å². The lowest BCUT2D eigenvalue weighted by atomic mass is 10.2. The molecule has 7 nitrogen and oxygen atoms in total. The number of aromatic nitrogens is 2. The van der Waals surface area contributed by atoms with E-state index < -0.39 is 0 Å². The minimum absolute atomic E-state index is 0.155. The van der Waals surface area contributed by atoms with Gasteiger partial charge in [0.15, 0.2) is 0 Å². The molecule has 0 unspecified atom stereocenters. The summed E-state index contributed by atoms with van der Waals surface area (Å²) >= 11 is 0. The van der Waals surface area contributed by atoms with E-state index in [1.165, 1.54) is 12.1 Å². The molecule has 1 aliphatic rings. The minimum Gasteiger partial charge on any atom is -0.492 e. The first-order valence-electron chi connectivity index (χ1n) is 7.53. The predicted molar refractivity (Wildman–Crippen MR) is 91.6 cm³/mol. The third kappa shape index (κ3) is 3.48. The highest BCUT2D eigenvalue weighted by molar-refractivity contribution is 6.01. The van der Waals surface area contributed by atoms with E-state index in [9.17, 15) is 4.39 Å². The van der Waals surface area contributed by atoms with E-state index in [0.717, 1.165) is 5.71 Å². The molecule has 2 aromatic rings. The zero-order chi connectivity index (χ0) is 16.9.